The summed E-state index contributed by atoms with van der Waals surface area (Å²) in [4.78, 5) is 24.1. The van der Waals surface area contributed by atoms with Gasteiger partial charge in [0.1, 0.15) is 5.75 Å². The molecular weight excluding hydrogens is 408 g/mol. The van der Waals surface area contributed by atoms with E-state index in [9.17, 15) is 18.0 Å². The van der Waals surface area contributed by atoms with E-state index < -0.39 is 16.2 Å². The van der Waals surface area contributed by atoms with Crippen LogP contribution in [0.4, 0.5) is 4.79 Å². The van der Waals surface area contributed by atoms with Crippen LogP contribution in [0, 0.1) is 0 Å². The number of carbonyl (C=O) groups is 2. The fourth-order valence-corrected chi connectivity index (χ4v) is 4.66. The van der Waals surface area contributed by atoms with E-state index in [4.69, 9.17) is 9.47 Å². The Balaban J connectivity index is 1.52. The van der Waals surface area contributed by atoms with Crippen LogP contribution < -0.4 is 10.1 Å². The Labute approximate surface area is 175 Å². The maximum absolute atomic E-state index is 12.7. The summed E-state index contributed by atoms with van der Waals surface area (Å²) in [5, 5.41) is 2.93. The molecular formula is C21H24N2O6S. The van der Waals surface area contributed by atoms with Gasteiger partial charge in [0, 0.05) is 24.7 Å². The summed E-state index contributed by atoms with van der Waals surface area (Å²) in [6.07, 6.45) is 0.260. The highest BCUT2D eigenvalue weighted by Gasteiger charge is 2.29. The molecule has 1 fully saturated rings. The number of carbonyl (C=O) groups excluding carboxylic acids is 2. The van der Waals surface area contributed by atoms with Gasteiger partial charge in [-0.3, -0.25) is 4.79 Å². The minimum Gasteiger partial charge on any atom is -0.434 e. The number of amides is 1. The van der Waals surface area contributed by atoms with E-state index in [1.807, 2.05) is 0 Å². The van der Waals surface area contributed by atoms with Crippen LogP contribution in [0.25, 0.3) is 0 Å². The Morgan fingerprint density at radius 3 is 2.27 bits per heavy atom. The van der Waals surface area contributed by atoms with Crippen molar-refractivity contribution in [2.75, 3.05) is 19.7 Å². The summed E-state index contributed by atoms with van der Waals surface area (Å²) in [5.41, 5.74) is 0.422. The first-order valence-electron chi connectivity index (χ1n) is 9.71. The summed E-state index contributed by atoms with van der Waals surface area (Å²) in [6.45, 7) is 2.57. The lowest BCUT2D eigenvalue weighted by atomic mass is 10.1. The van der Waals surface area contributed by atoms with Gasteiger partial charge >= 0.3 is 6.16 Å². The number of hydrogen-bond acceptors (Lipinski definition) is 6. The molecule has 0 unspecified atom stereocenters. The highest BCUT2D eigenvalue weighted by Crippen LogP contribution is 2.21. The molecule has 160 valence electrons. The van der Waals surface area contributed by atoms with Gasteiger partial charge in [0.05, 0.1) is 11.5 Å². The monoisotopic (exact) mass is 432 g/mol. The topological polar surface area (TPSA) is 102 Å². The zero-order valence-corrected chi connectivity index (χ0v) is 17.4. The molecule has 1 heterocycles. The van der Waals surface area contributed by atoms with Crippen molar-refractivity contribution in [3.8, 4) is 5.75 Å². The van der Waals surface area contributed by atoms with Crippen molar-refractivity contribution in [2.24, 2.45) is 0 Å². The van der Waals surface area contributed by atoms with Crippen LogP contribution in [-0.2, 0) is 14.8 Å². The summed E-state index contributed by atoms with van der Waals surface area (Å²) in [5.74, 6) is 0.0199. The summed E-state index contributed by atoms with van der Waals surface area (Å²) >= 11 is 0. The molecule has 1 amide bonds. The third-order valence-corrected chi connectivity index (χ3v) is 6.66. The van der Waals surface area contributed by atoms with Crippen LogP contribution in [0.15, 0.2) is 59.5 Å². The first-order chi connectivity index (χ1) is 14.4. The van der Waals surface area contributed by atoms with Crippen molar-refractivity contribution in [1.29, 1.82) is 0 Å². The number of sulfonamides is 1. The quantitative estimate of drug-likeness (QED) is 0.556. The normalized spacial score (nSPS) is 15.4. The second-order valence-corrected chi connectivity index (χ2v) is 8.71. The SMILES string of the molecule is CCOC(=O)Oc1ccc(C(=O)NC2CCN(S(=O)(=O)c3ccccc3)CC2)cc1. The van der Waals surface area contributed by atoms with Crippen molar-refractivity contribution in [3.63, 3.8) is 0 Å². The molecule has 9 heteroatoms. The molecule has 0 spiro atoms. The zero-order valence-electron chi connectivity index (χ0n) is 16.6. The summed E-state index contributed by atoms with van der Waals surface area (Å²) in [6, 6.07) is 14.4. The fraction of sp³-hybridized carbons (Fsp3) is 0.333. The Morgan fingerprint density at radius 1 is 1.03 bits per heavy atom. The molecule has 0 aromatic heterocycles. The number of hydrogen-bond donors (Lipinski definition) is 1. The first kappa shape index (κ1) is 21.8. The summed E-state index contributed by atoms with van der Waals surface area (Å²) < 4.78 is 36.5. The molecule has 3 rings (SSSR count). The van der Waals surface area contributed by atoms with Crippen molar-refractivity contribution in [1.82, 2.24) is 9.62 Å². The predicted molar refractivity (Wildman–Crippen MR) is 110 cm³/mol. The minimum absolute atomic E-state index is 0.116. The van der Waals surface area contributed by atoms with E-state index in [0.29, 0.717) is 31.5 Å². The van der Waals surface area contributed by atoms with E-state index in [2.05, 4.69) is 5.32 Å². The Morgan fingerprint density at radius 2 is 1.67 bits per heavy atom. The molecule has 1 saturated heterocycles. The second kappa shape index (κ2) is 9.73. The van der Waals surface area contributed by atoms with Crippen molar-refractivity contribution in [2.45, 2.75) is 30.7 Å². The average molecular weight is 432 g/mol. The second-order valence-electron chi connectivity index (χ2n) is 6.77. The molecule has 2 aromatic carbocycles. The van der Waals surface area contributed by atoms with Crippen molar-refractivity contribution in [3.05, 3.63) is 60.2 Å². The van der Waals surface area contributed by atoms with E-state index >= 15 is 0 Å². The Hall–Kier alpha value is -2.91. The van der Waals surface area contributed by atoms with Crippen LogP contribution >= 0.6 is 0 Å². The van der Waals surface area contributed by atoms with Gasteiger partial charge in [0.2, 0.25) is 10.0 Å². The van der Waals surface area contributed by atoms with E-state index in [-0.39, 0.29) is 29.2 Å². The number of nitrogens with one attached hydrogen (secondary N) is 1. The number of piperidine rings is 1. The lowest BCUT2D eigenvalue weighted by molar-refractivity contribution is 0.0923. The lowest BCUT2D eigenvalue weighted by Crippen LogP contribution is -2.46. The van der Waals surface area contributed by atoms with Gasteiger partial charge < -0.3 is 14.8 Å². The standard InChI is InChI=1S/C21H24N2O6S/c1-2-28-21(25)29-18-10-8-16(9-11-18)20(24)22-17-12-14-23(15-13-17)30(26,27)19-6-4-3-5-7-19/h3-11,17H,2,12-15H2,1H3,(H,22,24). The highest BCUT2D eigenvalue weighted by atomic mass is 32.2. The number of rotatable bonds is 6. The van der Waals surface area contributed by atoms with E-state index in [1.54, 1.807) is 49.4 Å². The molecule has 0 radical (unpaired) electrons. The van der Waals surface area contributed by atoms with Crippen LogP contribution in [-0.4, -0.2) is 50.5 Å². The molecule has 1 aliphatic heterocycles. The number of ether oxygens (including phenoxy) is 2. The lowest BCUT2D eigenvalue weighted by Gasteiger charge is -2.31. The highest BCUT2D eigenvalue weighted by molar-refractivity contribution is 7.89. The predicted octanol–water partition coefficient (Wildman–Crippen LogP) is 2.81. The smallest absolute Gasteiger partial charge is 0.434 e. The minimum atomic E-state index is -3.52. The van der Waals surface area contributed by atoms with Crippen LogP contribution in [0.2, 0.25) is 0 Å². The maximum Gasteiger partial charge on any atom is 0.513 e. The largest absolute Gasteiger partial charge is 0.513 e. The van der Waals surface area contributed by atoms with Crippen LogP contribution in [0.5, 0.6) is 5.75 Å². The molecule has 0 atom stereocenters. The molecule has 0 bridgehead atoms. The van der Waals surface area contributed by atoms with Gasteiger partial charge in [-0.05, 0) is 56.2 Å². The van der Waals surface area contributed by atoms with E-state index in [1.165, 1.54) is 16.4 Å². The fourth-order valence-electron chi connectivity index (χ4n) is 3.17. The molecule has 2 aromatic rings. The Bertz CT molecular complexity index is 968. The summed E-state index contributed by atoms with van der Waals surface area (Å²) in [7, 11) is -3.52. The molecule has 1 N–H and O–H groups in total. The van der Waals surface area contributed by atoms with E-state index in [0.717, 1.165) is 0 Å². The molecule has 0 aliphatic carbocycles. The third-order valence-electron chi connectivity index (χ3n) is 4.75. The van der Waals surface area contributed by atoms with Gasteiger partial charge in [-0.25, -0.2) is 13.2 Å². The van der Waals surface area contributed by atoms with Gasteiger partial charge in [-0.15, -0.1) is 0 Å². The molecule has 30 heavy (non-hydrogen) atoms. The molecule has 0 saturated carbocycles. The Kier molecular flexibility index (Phi) is 7.07. The van der Waals surface area contributed by atoms with Crippen molar-refractivity contribution >= 4 is 22.1 Å². The first-order valence-corrected chi connectivity index (χ1v) is 11.1. The van der Waals surface area contributed by atoms with Crippen molar-refractivity contribution < 1.29 is 27.5 Å². The third kappa shape index (κ3) is 5.37. The number of benzene rings is 2. The molecule has 8 nitrogen and oxygen atoms in total. The zero-order chi connectivity index (χ0) is 21.6. The van der Waals surface area contributed by atoms with Crippen LogP contribution in [0.3, 0.4) is 0 Å². The van der Waals surface area contributed by atoms with Gasteiger partial charge in [0.15, 0.2) is 0 Å². The van der Waals surface area contributed by atoms with Gasteiger partial charge in [-0.2, -0.15) is 4.31 Å². The van der Waals surface area contributed by atoms with Crippen LogP contribution in [0.1, 0.15) is 30.1 Å². The van der Waals surface area contributed by atoms with Gasteiger partial charge in [0.25, 0.3) is 5.91 Å². The number of nitrogens with zero attached hydrogens (tertiary/aromatic N) is 1. The average Bonchev–Trinajstić information content (AvgIpc) is 2.75. The maximum atomic E-state index is 12.7. The molecule has 1 aliphatic rings. The van der Waals surface area contributed by atoms with Gasteiger partial charge in [-0.1, -0.05) is 18.2 Å².